The normalized spacial score (nSPS) is 12.3. The minimum absolute atomic E-state index is 0.228. The Morgan fingerprint density at radius 2 is 1.72 bits per heavy atom. The average molecular weight is 448 g/mol. The van der Waals surface area contributed by atoms with E-state index in [1.54, 1.807) is 18.3 Å². The molecule has 2 aromatic heterocycles. The number of hydrogen-bond donors (Lipinski definition) is 1. The maximum atomic E-state index is 13.3. The summed E-state index contributed by atoms with van der Waals surface area (Å²) in [6.45, 7) is 0. The van der Waals surface area contributed by atoms with Crippen molar-refractivity contribution in [1.29, 1.82) is 0 Å². The molecule has 4 aromatic rings. The minimum atomic E-state index is -4.12. The summed E-state index contributed by atoms with van der Waals surface area (Å²) < 4.78 is 52.0. The molecule has 0 radical (unpaired) electrons. The summed E-state index contributed by atoms with van der Waals surface area (Å²) in [5.41, 5.74) is 1.82. The van der Waals surface area contributed by atoms with Gasteiger partial charge in [-0.1, -0.05) is 24.3 Å². The molecule has 0 amide bonds. The first-order chi connectivity index (χ1) is 13.7. The number of thiazole rings is 1. The fourth-order valence-electron chi connectivity index (χ4n) is 3.12. The van der Waals surface area contributed by atoms with Gasteiger partial charge in [-0.2, -0.15) is 0 Å². The van der Waals surface area contributed by atoms with Crippen LogP contribution in [0, 0.1) is 0 Å². The fraction of sp³-hybridized carbons (Fsp3) is 0.105. The van der Waals surface area contributed by atoms with Crippen LogP contribution in [0.5, 0.6) is 0 Å². The molecule has 10 heteroatoms. The molecule has 0 bridgehead atoms. The van der Waals surface area contributed by atoms with Crippen molar-refractivity contribution < 1.29 is 16.8 Å². The molecule has 0 aliphatic rings. The van der Waals surface area contributed by atoms with Gasteiger partial charge in [0.15, 0.2) is 9.84 Å². The van der Waals surface area contributed by atoms with Crippen molar-refractivity contribution in [3.05, 3.63) is 60.1 Å². The number of aromatic amines is 1. The zero-order chi connectivity index (χ0) is 20.8. The molecule has 150 valence electrons. The number of hydrogen-bond acceptors (Lipinski definition) is 6. The van der Waals surface area contributed by atoms with Crippen LogP contribution in [-0.2, 0) is 19.9 Å². The van der Waals surface area contributed by atoms with E-state index >= 15 is 0 Å². The lowest BCUT2D eigenvalue weighted by atomic mass is 10.2. The van der Waals surface area contributed by atoms with Crippen molar-refractivity contribution in [3.8, 4) is 10.7 Å². The quantitative estimate of drug-likeness (QED) is 0.505. The van der Waals surface area contributed by atoms with Crippen molar-refractivity contribution >= 4 is 47.8 Å². The first-order valence-electron chi connectivity index (χ1n) is 8.49. The highest BCUT2D eigenvalue weighted by Gasteiger charge is 2.29. The first-order valence-corrected chi connectivity index (χ1v) is 12.7. The number of rotatable bonds is 5. The molecule has 0 spiro atoms. The van der Waals surface area contributed by atoms with Gasteiger partial charge < -0.3 is 4.98 Å². The van der Waals surface area contributed by atoms with Crippen molar-refractivity contribution in [1.82, 2.24) is 9.97 Å². The van der Waals surface area contributed by atoms with Crippen LogP contribution in [0.2, 0.25) is 0 Å². The lowest BCUT2D eigenvalue weighted by Gasteiger charge is -2.21. The topological polar surface area (TPSA) is 100 Å². The Labute approximate surface area is 172 Å². The average Bonchev–Trinajstić information content (AvgIpc) is 3.35. The lowest BCUT2D eigenvalue weighted by molar-refractivity contribution is 0.584. The van der Waals surface area contributed by atoms with Gasteiger partial charge in [-0.25, -0.2) is 21.8 Å². The number of benzene rings is 2. The van der Waals surface area contributed by atoms with Gasteiger partial charge in [0.2, 0.25) is 0 Å². The molecule has 1 N–H and O–H groups in total. The predicted octanol–water partition coefficient (Wildman–Crippen LogP) is 3.52. The highest BCUT2D eigenvalue weighted by molar-refractivity contribution is 7.95. The summed E-state index contributed by atoms with van der Waals surface area (Å²) in [6.07, 6.45) is 2.69. The molecular weight excluding hydrogens is 430 g/mol. The largest absolute Gasteiger partial charge is 0.351 e. The van der Waals surface area contributed by atoms with Gasteiger partial charge >= 0.3 is 0 Å². The summed E-state index contributed by atoms with van der Waals surface area (Å²) in [7, 11) is -6.43. The number of sulfone groups is 1. The van der Waals surface area contributed by atoms with Crippen LogP contribution >= 0.6 is 11.3 Å². The highest BCUT2D eigenvalue weighted by Crippen LogP contribution is 2.34. The molecule has 0 atom stereocenters. The van der Waals surface area contributed by atoms with Crippen LogP contribution < -0.4 is 4.31 Å². The third-order valence-corrected chi connectivity index (χ3v) is 8.44. The van der Waals surface area contributed by atoms with Crippen molar-refractivity contribution in [2.75, 3.05) is 17.6 Å². The summed E-state index contributed by atoms with van der Waals surface area (Å²) in [4.78, 5) is 7.04. The molecule has 0 saturated carbocycles. The van der Waals surface area contributed by atoms with Gasteiger partial charge in [0.25, 0.3) is 10.0 Å². The number of nitrogens with zero attached hydrogens (tertiary/aromatic N) is 2. The van der Waals surface area contributed by atoms with Crippen LogP contribution in [0.3, 0.4) is 0 Å². The van der Waals surface area contributed by atoms with E-state index in [9.17, 15) is 16.8 Å². The van der Waals surface area contributed by atoms with Crippen LogP contribution in [0.25, 0.3) is 21.6 Å². The monoisotopic (exact) mass is 447 g/mol. The van der Waals surface area contributed by atoms with Crippen molar-refractivity contribution in [3.63, 3.8) is 0 Å². The summed E-state index contributed by atoms with van der Waals surface area (Å²) in [5, 5.41) is 3.48. The van der Waals surface area contributed by atoms with Crippen LogP contribution in [0.1, 0.15) is 0 Å². The maximum Gasteiger partial charge on any atom is 0.265 e. The molecule has 29 heavy (non-hydrogen) atoms. The van der Waals surface area contributed by atoms with Gasteiger partial charge in [0, 0.05) is 30.3 Å². The number of para-hydroxylation sites is 1. The number of nitrogens with one attached hydrogen (secondary N) is 1. The SMILES string of the molecule is CN(c1cccc2cc(-c3nccs3)[nH]c12)S(=O)(=O)c1ccccc1S(C)(=O)=O. The third-order valence-electron chi connectivity index (χ3n) is 4.52. The fourth-order valence-corrected chi connectivity index (χ4v) is 6.54. The van der Waals surface area contributed by atoms with Crippen molar-refractivity contribution in [2.24, 2.45) is 0 Å². The Bertz CT molecular complexity index is 1410. The summed E-state index contributed by atoms with van der Waals surface area (Å²) in [6, 6.07) is 12.8. The standard InChI is InChI=1S/C19H17N3O4S3/c1-22(29(25,26)17-9-4-3-8-16(17)28(2,23)24)15-7-5-6-13-12-14(21-18(13)15)19-20-10-11-27-19/h3-12,21H,1-2H3. The zero-order valence-electron chi connectivity index (χ0n) is 15.5. The van der Waals surface area contributed by atoms with E-state index in [4.69, 9.17) is 0 Å². The van der Waals surface area contributed by atoms with Crippen LogP contribution in [0.4, 0.5) is 5.69 Å². The highest BCUT2D eigenvalue weighted by atomic mass is 32.2. The van der Waals surface area contributed by atoms with E-state index in [2.05, 4.69) is 9.97 Å². The van der Waals surface area contributed by atoms with E-state index in [0.717, 1.165) is 26.6 Å². The number of anilines is 1. The second kappa shape index (κ2) is 6.97. The zero-order valence-corrected chi connectivity index (χ0v) is 18.0. The Hall–Kier alpha value is -2.69. The molecular formula is C19H17N3O4S3. The molecule has 0 unspecified atom stereocenters. The number of sulfonamides is 1. The number of H-pyrrole nitrogens is 1. The molecule has 0 saturated heterocycles. The maximum absolute atomic E-state index is 13.3. The summed E-state index contributed by atoms with van der Waals surface area (Å²) >= 11 is 1.47. The van der Waals surface area contributed by atoms with Gasteiger partial charge in [-0.05, 0) is 24.3 Å². The van der Waals surface area contributed by atoms with Crippen LogP contribution in [0.15, 0.2) is 69.9 Å². The molecule has 7 nitrogen and oxygen atoms in total. The molecule has 0 fully saturated rings. The van der Waals surface area contributed by atoms with E-state index in [0.29, 0.717) is 11.2 Å². The Balaban J connectivity index is 1.87. The van der Waals surface area contributed by atoms with Crippen molar-refractivity contribution in [2.45, 2.75) is 9.79 Å². The van der Waals surface area contributed by atoms with E-state index in [1.807, 2.05) is 17.5 Å². The van der Waals surface area contributed by atoms with E-state index < -0.39 is 19.9 Å². The Morgan fingerprint density at radius 1 is 1.00 bits per heavy atom. The first kappa shape index (κ1) is 19.6. The second-order valence-corrected chi connectivity index (χ2v) is 11.3. The lowest BCUT2D eigenvalue weighted by Crippen LogP contribution is -2.28. The van der Waals surface area contributed by atoms with Crippen LogP contribution in [-0.4, -0.2) is 40.1 Å². The predicted molar refractivity (Wildman–Crippen MR) is 115 cm³/mol. The molecule has 0 aliphatic carbocycles. The number of fused-ring (bicyclic) bond motifs is 1. The molecule has 2 aromatic carbocycles. The van der Waals surface area contributed by atoms with Gasteiger partial charge in [-0.3, -0.25) is 4.31 Å². The Morgan fingerprint density at radius 3 is 2.38 bits per heavy atom. The summed E-state index contributed by atoms with van der Waals surface area (Å²) in [5.74, 6) is 0. The molecule has 0 aliphatic heterocycles. The van der Waals surface area contributed by atoms with Gasteiger partial charge in [0.05, 0.1) is 21.8 Å². The van der Waals surface area contributed by atoms with E-state index in [1.165, 1.54) is 42.6 Å². The smallest absolute Gasteiger partial charge is 0.265 e. The number of aromatic nitrogens is 2. The minimum Gasteiger partial charge on any atom is -0.351 e. The Kier molecular flexibility index (Phi) is 4.72. The van der Waals surface area contributed by atoms with E-state index in [-0.39, 0.29) is 9.79 Å². The molecule has 2 heterocycles. The third kappa shape index (κ3) is 3.43. The van der Waals surface area contributed by atoms with Gasteiger partial charge in [0.1, 0.15) is 9.90 Å². The molecule has 4 rings (SSSR count). The second-order valence-electron chi connectivity index (χ2n) is 6.45. The van der Waals surface area contributed by atoms with Gasteiger partial charge in [-0.15, -0.1) is 11.3 Å².